The van der Waals surface area contributed by atoms with E-state index in [1.54, 1.807) is 12.1 Å². The number of aromatic nitrogens is 1. The fourth-order valence-corrected chi connectivity index (χ4v) is 4.30. The summed E-state index contributed by atoms with van der Waals surface area (Å²) in [6, 6.07) is 24.3. The maximum absolute atomic E-state index is 12.3. The summed E-state index contributed by atoms with van der Waals surface area (Å²) in [5.74, 6) is 0.0692. The van der Waals surface area contributed by atoms with E-state index in [9.17, 15) is 9.59 Å². The molecule has 0 atom stereocenters. The highest BCUT2D eigenvalue weighted by Crippen LogP contribution is 2.29. The molecule has 0 saturated heterocycles. The third-order valence-electron chi connectivity index (χ3n) is 4.04. The molecule has 0 unspecified atom stereocenters. The Morgan fingerprint density at radius 1 is 0.897 bits per heavy atom. The number of nitrogens with one attached hydrogen (secondary N) is 2. The van der Waals surface area contributed by atoms with Crippen molar-refractivity contribution in [1.82, 2.24) is 4.98 Å². The molecule has 4 rings (SSSR count). The smallest absolute Gasteiger partial charge is 0.257 e. The van der Waals surface area contributed by atoms with Crippen molar-refractivity contribution in [3.05, 3.63) is 84.4 Å². The van der Waals surface area contributed by atoms with Crippen molar-refractivity contribution in [3.8, 4) is 0 Å². The minimum Gasteiger partial charge on any atom is -0.325 e. The molecule has 0 aliphatic heterocycles. The Labute approximate surface area is 176 Å². The van der Waals surface area contributed by atoms with E-state index in [4.69, 9.17) is 0 Å². The van der Waals surface area contributed by atoms with E-state index >= 15 is 0 Å². The van der Waals surface area contributed by atoms with Crippen LogP contribution in [0.15, 0.2) is 83.8 Å². The summed E-state index contributed by atoms with van der Waals surface area (Å²) in [7, 11) is 0. The highest BCUT2D eigenvalue weighted by atomic mass is 32.2. The predicted molar refractivity (Wildman–Crippen MR) is 120 cm³/mol. The van der Waals surface area contributed by atoms with Gasteiger partial charge in [-0.1, -0.05) is 47.7 Å². The summed E-state index contributed by atoms with van der Waals surface area (Å²) in [4.78, 5) is 30.0. The highest BCUT2D eigenvalue weighted by molar-refractivity contribution is 8.00. The molecule has 0 radical (unpaired) electrons. The lowest BCUT2D eigenvalue weighted by Crippen LogP contribution is -2.13. The van der Waals surface area contributed by atoms with E-state index in [-0.39, 0.29) is 11.8 Å². The van der Waals surface area contributed by atoms with Crippen molar-refractivity contribution in [2.24, 2.45) is 0 Å². The van der Waals surface area contributed by atoms with E-state index in [1.807, 2.05) is 66.7 Å². The molecule has 0 spiro atoms. The number of thiazole rings is 1. The Morgan fingerprint density at radius 2 is 1.62 bits per heavy atom. The lowest BCUT2D eigenvalue weighted by molar-refractivity contribution is -0.113. The zero-order valence-electron chi connectivity index (χ0n) is 15.3. The average molecular weight is 420 g/mol. The molecular formula is C22H17N3O2S2. The van der Waals surface area contributed by atoms with Gasteiger partial charge in [0.2, 0.25) is 5.91 Å². The van der Waals surface area contributed by atoms with Crippen LogP contribution in [0.5, 0.6) is 0 Å². The molecule has 7 heteroatoms. The molecule has 144 valence electrons. The standard InChI is InChI=1S/C22H17N3O2S2/c26-20(14-28-17-9-5-2-6-10-17)23-16-11-12-18-19(13-16)29-22(24-18)25-21(27)15-7-3-1-4-8-15/h1-13H,14H2,(H,23,26)(H,24,25,27). The van der Waals surface area contributed by atoms with Gasteiger partial charge >= 0.3 is 0 Å². The van der Waals surface area contributed by atoms with Gasteiger partial charge in [0.25, 0.3) is 5.91 Å². The highest BCUT2D eigenvalue weighted by Gasteiger charge is 2.11. The Hall–Kier alpha value is -3.16. The predicted octanol–water partition coefficient (Wildman–Crippen LogP) is 5.28. The Morgan fingerprint density at radius 3 is 2.38 bits per heavy atom. The second-order valence-electron chi connectivity index (χ2n) is 6.17. The molecule has 4 aromatic rings. The normalized spacial score (nSPS) is 10.6. The van der Waals surface area contributed by atoms with Crippen LogP contribution in [-0.2, 0) is 4.79 Å². The minimum atomic E-state index is -0.198. The number of thioether (sulfide) groups is 1. The third-order valence-corrected chi connectivity index (χ3v) is 5.99. The number of amides is 2. The molecule has 0 fully saturated rings. The molecule has 0 aliphatic carbocycles. The molecule has 29 heavy (non-hydrogen) atoms. The van der Waals surface area contributed by atoms with Gasteiger partial charge in [0.05, 0.1) is 16.0 Å². The molecule has 2 amide bonds. The van der Waals surface area contributed by atoms with Gasteiger partial charge in [0.15, 0.2) is 5.13 Å². The number of benzene rings is 3. The van der Waals surface area contributed by atoms with E-state index in [2.05, 4.69) is 15.6 Å². The Balaban J connectivity index is 1.40. The number of hydrogen-bond acceptors (Lipinski definition) is 5. The quantitative estimate of drug-likeness (QED) is 0.417. The van der Waals surface area contributed by atoms with Crippen LogP contribution in [0.2, 0.25) is 0 Å². The van der Waals surface area contributed by atoms with Gasteiger partial charge in [-0.2, -0.15) is 0 Å². The average Bonchev–Trinajstić information content (AvgIpc) is 3.15. The maximum atomic E-state index is 12.3. The van der Waals surface area contributed by atoms with Crippen LogP contribution in [0.4, 0.5) is 10.8 Å². The number of carbonyl (C=O) groups excluding carboxylic acids is 2. The Bertz CT molecular complexity index is 1140. The molecule has 0 saturated carbocycles. The van der Waals surface area contributed by atoms with Gasteiger partial charge in [0, 0.05) is 16.1 Å². The van der Waals surface area contributed by atoms with Gasteiger partial charge < -0.3 is 5.32 Å². The van der Waals surface area contributed by atoms with Crippen LogP contribution in [0.25, 0.3) is 10.2 Å². The van der Waals surface area contributed by atoms with Crippen LogP contribution < -0.4 is 10.6 Å². The van der Waals surface area contributed by atoms with E-state index in [0.29, 0.717) is 22.1 Å². The number of rotatable bonds is 6. The molecule has 2 N–H and O–H groups in total. The molecular weight excluding hydrogens is 402 g/mol. The summed E-state index contributed by atoms with van der Waals surface area (Å²) in [5.41, 5.74) is 2.06. The second kappa shape index (κ2) is 8.89. The maximum Gasteiger partial charge on any atom is 0.257 e. The van der Waals surface area contributed by atoms with Crippen molar-refractivity contribution in [3.63, 3.8) is 0 Å². The second-order valence-corrected chi connectivity index (χ2v) is 8.25. The number of nitrogens with zero attached hydrogens (tertiary/aromatic N) is 1. The van der Waals surface area contributed by atoms with Crippen LogP contribution >= 0.6 is 23.1 Å². The van der Waals surface area contributed by atoms with Gasteiger partial charge in [-0.15, -0.1) is 11.8 Å². The number of carbonyl (C=O) groups is 2. The molecule has 0 aliphatic rings. The van der Waals surface area contributed by atoms with E-state index < -0.39 is 0 Å². The lowest BCUT2D eigenvalue weighted by Gasteiger charge is -2.05. The number of fused-ring (bicyclic) bond motifs is 1. The first-order chi connectivity index (χ1) is 14.2. The van der Waals surface area contributed by atoms with Crippen LogP contribution in [0.3, 0.4) is 0 Å². The molecule has 1 aromatic heterocycles. The first-order valence-electron chi connectivity index (χ1n) is 8.92. The summed E-state index contributed by atoms with van der Waals surface area (Å²) in [6.07, 6.45) is 0. The first-order valence-corrected chi connectivity index (χ1v) is 10.7. The summed E-state index contributed by atoms with van der Waals surface area (Å²) >= 11 is 2.86. The van der Waals surface area contributed by atoms with Crippen LogP contribution in [0, 0.1) is 0 Å². The van der Waals surface area contributed by atoms with Crippen LogP contribution in [-0.4, -0.2) is 22.6 Å². The molecule has 1 heterocycles. The van der Waals surface area contributed by atoms with Crippen molar-refractivity contribution in [1.29, 1.82) is 0 Å². The zero-order chi connectivity index (χ0) is 20.1. The SMILES string of the molecule is O=C(CSc1ccccc1)Nc1ccc2nc(NC(=O)c3ccccc3)sc2c1. The van der Waals surface area contributed by atoms with Gasteiger partial charge in [-0.3, -0.25) is 14.9 Å². The summed E-state index contributed by atoms with van der Waals surface area (Å²) in [5, 5.41) is 6.26. The van der Waals surface area contributed by atoms with Crippen molar-refractivity contribution in [2.45, 2.75) is 4.90 Å². The molecule has 3 aromatic carbocycles. The Kier molecular flexibility index (Phi) is 5.88. The minimum absolute atomic E-state index is 0.0691. The van der Waals surface area contributed by atoms with E-state index in [0.717, 1.165) is 15.1 Å². The monoisotopic (exact) mass is 419 g/mol. The number of anilines is 2. The zero-order valence-corrected chi connectivity index (χ0v) is 16.9. The van der Waals surface area contributed by atoms with Crippen molar-refractivity contribution < 1.29 is 9.59 Å². The van der Waals surface area contributed by atoms with Gasteiger partial charge in [-0.25, -0.2) is 4.98 Å². The van der Waals surface area contributed by atoms with Crippen molar-refractivity contribution in [2.75, 3.05) is 16.4 Å². The lowest BCUT2D eigenvalue weighted by atomic mass is 10.2. The topological polar surface area (TPSA) is 71.1 Å². The largest absolute Gasteiger partial charge is 0.325 e. The van der Waals surface area contributed by atoms with E-state index in [1.165, 1.54) is 23.1 Å². The molecule has 5 nitrogen and oxygen atoms in total. The van der Waals surface area contributed by atoms with Crippen molar-refractivity contribution >= 4 is 55.9 Å². The summed E-state index contributed by atoms with van der Waals surface area (Å²) in [6.45, 7) is 0. The third kappa shape index (κ3) is 5.01. The van der Waals surface area contributed by atoms with Gasteiger partial charge in [0.1, 0.15) is 0 Å². The summed E-state index contributed by atoms with van der Waals surface area (Å²) < 4.78 is 0.891. The fourth-order valence-electron chi connectivity index (χ4n) is 2.68. The van der Waals surface area contributed by atoms with Crippen LogP contribution in [0.1, 0.15) is 10.4 Å². The molecule has 0 bridgehead atoms. The number of hydrogen-bond donors (Lipinski definition) is 2. The first kappa shape index (κ1) is 19.2. The van der Waals surface area contributed by atoms with Gasteiger partial charge in [-0.05, 0) is 42.5 Å². The fraction of sp³-hybridized carbons (Fsp3) is 0.0455.